The van der Waals surface area contributed by atoms with E-state index in [1.807, 2.05) is 48.5 Å². The molecule has 4 rings (SSSR count). The van der Waals surface area contributed by atoms with Gasteiger partial charge in [-0.2, -0.15) is 0 Å². The molecule has 1 N–H and O–H groups in total. The topological polar surface area (TPSA) is 38.7 Å². The van der Waals surface area contributed by atoms with E-state index in [2.05, 4.69) is 58.1 Å². The number of aliphatic hydroxyl groups is 1. The van der Waals surface area contributed by atoms with Crippen LogP contribution in [-0.4, -0.2) is 13.4 Å². The van der Waals surface area contributed by atoms with Crippen LogP contribution in [0.2, 0.25) is 18.1 Å². The number of aryl methyl sites for hydroxylation is 1. The van der Waals surface area contributed by atoms with E-state index in [0.717, 1.165) is 41.0 Å². The van der Waals surface area contributed by atoms with Gasteiger partial charge in [-0.3, -0.25) is 0 Å². The first-order valence-corrected chi connectivity index (χ1v) is 14.8. The second kappa shape index (κ2) is 9.00. The van der Waals surface area contributed by atoms with Crippen molar-refractivity contribution in [2.24, 2.45) is 0 Å². The summed E-state index contributed by atoms with van der Waals surface area (Å²) in [5.41, 5.74) is 3.24. The third-order valence-electron chi connectivity index (χ3n) is 7.27. The fourth-order valence-electron chi connectivity index (χ4n) is 4.23. The summed E-state index contributed by atoms with van der Waals surface area (Å²) in [6.45, 7) is 11.8. The van der Waals surface area contributed by atoms with E-state index in [1.165, 1.54) is 5.56 Å². The molecule has 0 saturated heterocycles. The Labute approximate surface area is 199 Å². The van der Waals surface area contributed by atoms with Crippen LogP contribution in [0.3, 0.4) is 0 Å². The Morgan fingerprint density at radius 3 is 2.24 bits per heavy atom. The fraction of sp³-hybridized carbons (Fsp3) is 0.379. The SMILES string of the molecule is CC(C)(C)[Si](C)(C)Oc1ccc2c(c1)CCCC2(O)c1ccc(OCc2ccccc2)cc1. The van der Waals surface area contributed by atoms with Gasteiger partial charge < -0.3 is 14.3 Å². The molecule has 3 aromatic carbocycles. The molecule has 0 bridgehead atoms. The molecule has 1 aliphatic rings. The zero-order valence-electron chi connectivity index (χ0n) is 20.5. The minimum atomic E-state index is -1.91. The lowest BCUT2D eigenvalue weighted by atomic mass is 9.75. The van der Waals surface area contributed by atoms with Crippen LogP contribution in [0.1, 0.15) is 55.9 Å². The lowest BCUT2D eigenvalue weighted by Gasteiger charge is -2.38. The Kier molecular flexibility index (Phi) is 6.43. The standard InChI is InChI=1S/C29H36O3Si/c1-28(2,3)33(4,5)32-26-17-18-27-23(20-26)12-9-19-29(27,30)24-13-15-25(16-14-24)31-21-22-10-7-6-8-11-22/h6-8,10-11,13-18,20,30H,9,12,19,21H2,1-5H3. The first-order valence-electron chi connectivity index (χ1n) is 11.9. The summed E-state index contributed by atoms with van der Waals surface area (Å²) >= 11 is 0. The van der Waals surface area contributed by atoms with E-state index in [4.69, 9.17) is 9.16 Å². The highest BCUT2D eigenvalue weighted by molar-refractivity contribution is 6.74. The van der Waals surface area contributed by atoms with Crippen LogP contribution in [0.25, 0.3) is 0 Å². The van der Waals surface area contributed by atoms with Gasteiger partial charge in [0.15, 0.2) is 0 Å². The molecule has 33 heavy (non-hydrogen) atoms. The molecule has 1 atom stereocenters. The summed E-state index contributed by atoms with van der Waals surface area (Å²) < 4.78 is 12.5. The van der Waals surface area contributed by atoms with Crippen LogP contribution < -0.4 is 9.16 Å². The molecule has 0 aromatic heterocycles. The van der Waals surface area contributed by atoms with Crippen molar-refractivity contribution in [2.45, 2.75) is 70.4 Å². The first kappa shape index (κ1) is 23.6. The minimum Gasteiger partial charge on any atom is -0.543 e. The second-order valence-corrected chi connectivity index (χ2v) is 15.4. The molecule has 174 valence electrons. The van der Waals surface area contributed by atoms with Gasteiger partial charge in [0.05, 0.1) is 0 Å². The lowest BCUT2D eigenvalue weighted by Crippen LogP contribution is -2.44. The number of fused-ring (bicyclic) bond motifs is 1. The van der Waals surface area contributed by atoms with E-state index in [0.29, 0.717) is 13.0 Å². The van der Waals surface area contributed by atoms with E-state index in [1.54, 1.807) is 0 Å². The highest BCUT2D eigenvalue weighted by Crippen LogP contribution is 2.43. The summed E-state index contributed by atoms with van der Waals surface area (Å²) in [4.78, 5) is 0. The van der Waals surface area contributed by atoms with Crippen molar-refractivity contribution in [3.05, 3.63) is 95.1 Å². The van der Waals surface area contributed by atoms with Crippen molar-refractivity contribution in [3.63, 3.8) is 0 Å². The fourth-order valence-corrected chi connectivity index (χ4v) is 5.25. The molecule has 4 heteroatoms. The first-order chi connectivity index (χ1) is 15.6. The molecule has 0 fully saturated rings. The molecular formula is C29H36O3Si. The van der Waals surface area contributed by atoms with Gasteiger partial charge in [0, 0.05) is 0 Å². The monoisotopic (exact) mass is 460 g/mol. The van der Waals surface area contributed by atoms with Crippen LogP contribution in [0, 0.1) is 0 Å². The van der Waals surface area contributed by atoms with E-state index in [-0.39, 0.29) is 5.04 Å². The van der Waals surface area contributed by atoms with Gasteiger partial charge in [-0.05, 0) is 83.9 Å². The minimum absolute atomic E-state index is 0.147. The maximum absolute atomic E-state index is 11.8. The second-order valence-electron chi connectivity index (χ2n) is 10.7. The van der Waals surface area contributed by atoms with E-state index in [9.17, 15) is 5.11 Å². The Hall–Kier alpha value is -2.56. The van der Waals surface area contributed by atoms with E-state index >= 15 is 0 Å². The van der Waals surface area contributed by atoms with Gasteiger partial charge in [-0.1, -0.05) is 69.3 Å². The molecule has 0 saturated carbocycles. The smallest absolute Gasteiger partial charge is 0.250 e. The van der Waals surface area contributed by atoms with Crippen LogP contribution in [0.5, 0.6) is 11.5 Å². The Balaban J connectivity index is 1.53. The molecule has 0 aliphatic heterocycles. The van der Waals surface area contributed by atoms with Crippen molar-refractivity contribution in [1.29, 1.82) is 0 Å². The zero-order valence-corrected chi connectivity index (χ0v) is 21.5. The summed E-state index contributed by atoms with van der Waals surface area (Å²) in [7, 11) is -1.91. The highest BCUT2D eigenvalue weighted by atomic mass is 28.4. The third kappa shape index (κ3) is 5.02. The molecule has 0 spiro atoms. The normalized spacial score (nSPS) is 18.5. The number of ether oxygens (including phenoxy) is 1. The van der Waals surface area contributed by atoms with Crippen LogP contribution in [0.15, 0.2) is 72.8 Å². The van der Waals surface area contributed by atoms with Gasteiger partial charge in [0.1, 0.15) is 23.7 Å². The number of benzene rings is 3. The number of hydrogen-bond donors (Lipinski definition) is 1. The number of hydrogen-bond acceptors (Lipinski definition) is 3. The van der Waals surface area contributed by atoms with Crippen LogP contribution >= 0.6 is 0 Å². The lowest BCUT2D eigenvalue weighted by molar-refractivity contribution is 0.0615. The summed E-state index contributed by atoms with van der Waals surface area (Å²) in [6, 6.07) is 24.3. The largest absolute Gasteiger partial charge is 0.543 e. The Morgan fingerprint density at radius 1 is 0.909 bits per heavy atom. The van der Waals surface area contributed by atoms with Crippen molar-refractivity contribution >= 4 is 8.32 Å². The molecular weight excluding hydrogens is 424 g/mol. The maximum Gasteiger partial charge on any atom is 0.250 e. The van der Waals surface area contributed by atoms with Crippen molar-refractivity contribution in [1.82, 2.24) is 0 Å². The van der Waals surface area contributed by atoms with Crippen molar-refractivity contribution in [2.75, 3.05) is 0 Å². The average Bonchev–Trinajstić information content (AvgIpc) is 2.78. The maximum atomic E-state index is 11.8. The molecule has 0 radical (unpaired) electrons. The van der Waals surface area contributed by atoms with Crippen LogP contribution in [-0.2, 0) is 18.6 Å². The van der Waals surface area contributed by atoms with Gasteiger partial charge >= 0.3 is 0 Å². The van der Waals surface area contributed by atoms with Crippen LogP contribution in [0.4, 0.5) is 0 Å². The molecule has 0 heterocycles. The van der Waals surface area contributed by atoms with Gasteiger partial charge in [-0.15, -0.1) is 0 Å². The van der Waals surface area contributed by atoms with Gasteiger partial charge in [0.25, 0.3) is 0 Å². The molecule has 0 amide bonds. The Morgan fingerprint density at radius 2 is 1.58 bits per heavy atom. The van der Waals surface area contributed by atoms with Crippen molar-refractivity contribution < 1.29 is 14.3 Å². The summed E-state index contributed by atoms with van der Waals surface area (Å²) in [5, 5.41) is 11.9. The predicted octanol–water partition coefficient (Wildman–Crippen LogP) is 7.22. The molecule has 3 nitrogen and oxygen atoms in total. The van der Waals surface area contributed by atoms with E-state index < -0.39 is 13.9 Å². The highest BCUT2D eigenvalue weighted by Gasteiger charge is 2.40. The molecule has 1 aliphatic carbocycles. The zero-order chi connectivity index (χ0) is 23.7. The Bertz CT molecular complexity index is 1080. The van der Waals surface area contributed by atoms with Gasteiger partial charge in [-0.25, -0.2) is 0 Å². The predicted molar refractivity (Wildman–Crippen MR) is 137 cm³/mol. The average molecular weight is 461 g/mol. The molecule has 1 unspecified atom stereocenters. The summed E-state index contributed by atoms with van der Waals surface area (Å²) in [6.07, 6.45) is 2.62. The quantitative estimate of drug-likeness (QED) is 0.395. The summed E-state index contributed by atoms with van der Waals surface area (Å²) in [5.74, 6) is 1.73. The third-order valence-corrected chi connectivity index (χ3v) is 11.6. The molecule has 3 aromatic rings. The van der Waals surface area contributed by atoms with Crippen molar-refractivity contribution in [3.8, 4) is 11.5 Å². The van der Waals surface area contributed by atoms with Gasteiger partial charge in [0.2, 0.25) is 8.32 Å². The number of rotatable bonds is 6.